The highest BCUT2D eigenvalue weighted by Gasteiger charge is 2.32. The SMILES string of the molecule is CN(c1ccc(NC(=O)OCc2ccccc2)cc1F)[C@H]1CCCCCN1C(=O)OC(C)(C)C. The van der Waals surface area contributed by atoms with Gasteiger partial charge in [-0.25, -0.2) is 14.0 Å². The lowest BCUT2D eigenvalue weighted by atomic mass is 10.1. The van der Waals surface area contributed by atoms with Crippen LogP contribution in [0.25, 0.3) is 0 Å². The minimum absolute atomic E-state index is 0.123. The fraction of sp³-hybridized carbons (Fsp3) is 0.462. The molecule has 0 spiro atoms. The zero-order chi connectivity index (χ0) is 24.7. The fourth-order valence-electron chi connectivity index (χ4n) is 3.94. The predicted molar refractivity (Wildman–Crippen MR) is 130 cm³/mol. The number of likely N-dealkylation sites (tertiary alicyclic amines) is 1. The van der Waals surface area contributed by atoms with Gasteiger partial charge in [0.2, 0.25) is 0 Å². The molecule has 7 nitrogen and oxygen atoms in total. The molecule has 2 aromatic carbocycles. The summed E-state index contributed by atoms with van der Waals surface area (Å²) in [5.41, 5.74) is 0.875. The lowest BCUT2D eigenvalue weighted by Gasteiger charge is -2.38. The van der Waals surface area contributed by atoms with Crippen molar-refractivity contribution >= 4 is 23.6 Å². The first-order chi connectivity index (χ1) is 16.1. The molecule has 2 aromatic rings. The third-order valence-corrected chi connectivity index (χ3v) is 5.58. The number of benzene rings is 2. The maximum absolute atomic E-state index is 15.1. The van der Waals surface area contributed by atoms with E-state index in [0.717, 1.165) is 24.8 Å². The quantitative estimate of drug-likeness (QED) is 0.566. The number of anilines is 2. The van der Waals surface area contributed by atoms with Crippen LogP contribution >= 0.6 is 0 Å². The maximum Gasteiger partial charge on any atom is 0.411 e. The Morgan fingerprint density at radius 2 is 1.85 bits per heavy atom. The van der Waals surface area contributed by atoms with Crippen molar-refractivity contribution in [2.45, 2.75) is 64.8 Å². The van der Waals surface area contributed by atoms with Crippen molar-refractivity contribution in [2.75, 3.05) is 23.8 Å². The zero-order valence-electron chi connectivity index (χ0n) is 20.3. The summed E-state index contributed by atoms with van der Waals surface area (Å²) in [6.07, 6.45) is 2.13. The van der Waals surface area contributed by atoms with Crippen molar-refractivity contribution in [3.05, 3.63) is 59.9 Å². The molecule has 0 saturated carbocycles. The van der Waals surface area contributed by atoms with Gasteiger partial charge in [0.05, 0.1) is 5.69 Å². The van der Waals surface area contributed by atoms with E-state index in [2.05, 4.69) is 5.32 Å². The Hall–Kier alpha value is -3.29. The number of nitrogens with one attached hydrogen (secondary N) is 1. The number of carbonyl (C=O) groups excluding carboxylic acids is 2. The second-order valence-corrected chi connectivity index (χ2v) is 9.47. The van der Waals surface area contributed by atoms with Crippen LogP contribution < -0.4 is 10.2 Å². The van der Waals surface area contributed by atoms with Crippen LogP contribution in [-0.4, -0.2) is 42.4 Å². The van der Waals surface area contributed by atoms with Crippen molar-refractivity contribution < 1.29 is 23.5 Å². The van der Waals surface area contributed by atoms with Crippen LogP contribution in [0.1, 0.15) is 52.0 Å². The topological polar surface area (TPSA) is 71.1 Å². The van der Waals surface area contributed by atoms with Crippen LogP contribution in [0.4, 0.5) is 25.4 Å². The summed E-state index contributed by atoms with van der Waals surface area (Å²) in [7, 11) is 1.77. The number of halogens is 1. The maximum atomic E-state index is 15.1. The van der Waals surface area contributed by atoms with Crippen molar-refractivity contribution in [2.24, 2.45) is 0 Å². The van der Waals surface area contributed by atoms with Gasteiger partial charge in [-0.3, -0.25) is 10.2 Å². The first kappa shape index (κ1) is 25.3. The van der Waals surface area contributed by atoms with Gasteiger partial charge in [-0.05, 0) is 63.8 Å². The van der Waals surface area contributed by atoms with Crippen molar-refractivity contribution in [3.63, 3.8) is 0 Å². The first-order valence-corrected chi connectivity index (χ1v) is 11.6. The van der Waals surface area contributed by atoms with E-state index in [-0.39, 0.29) is 18.5 Å². The minimum atomic E-state index is -0.663. The standard InChI is InChI=1S/C26H34FN3O4/c1-26(2,3)34-25(32)30-16-10-6-9-13-23(30)29(4)22-15-14-20(17-21(22)27)28-24(31)33-18-19-11-7-5-8-12-19/h5,7-8,11-12,14-15,17,23H,6,9-10,13,16,18H2,1-4H3,(H,28,31)/t23-/m1/s1. The third-order valence-electron chi connectivity index (χ3n) is 5.58. The highest BCUT2D eigenvalue weighted by Crippen LogP contribution is 2.29. The van der Waals surface area contributed by atoms with E-state index in [9.17, 15) is 9.59 Å². The molecule has 34 heavy (non-hydrogen) atoms. The molecule has 0 radical (unpaired) electrons. The van der Waals surface area contributed by atoms with Gasteiger partial charge < -0.3 is 14.4 Å². The highest BCUT2D eigenvalue weighted by atomic mass is 19.1. The van der Waals surface area contributed by atoms with Crippen LogP contribution in [0.3, 0.4) is 0 Å². The number of hydrogen-bond acceptors (Lipinski definition) is 5. The van der Waals surface area contributed by atoms with E-state index in [0.29, 0.717) is 18.7 Å². The van der Waals surface area contributed by atoms with Crippen molar-refractivity contribution in [1.82, 2.24) is 4.90 Å². The minimum Gasteiger partial charge on any atom is -0.444 e. The summed E-state index contributed by atoms with van der Waals surface area (Å²) < 4.78 is 25.9. The summed E-state index contributed by atoms with van der Waals surface area (Å²) >= 11 is 0. The van der Waals surface area contributed by atoms with Gasteiger partial charge in [-0.2, -0.15) is 0 Å². The van der Waals surface area contributed by atoms with Crippen LogP contribution in [0.2, 0.25) is 0 Å². The Balaban J connectivity index is 1.68. The molecule has 1 aliphatic rings. The fourth-order valence-corrected chi connectivity index (χ4v) is 3.94. The third kappa shape index (κ3) is 7.10. The second-order valence-electron chi connectivity index (χ2n) is 9.47. The monoisotopic (exact) mass is 471 g/mol. The Morgan fingerprint density at radius 1 is 1.12 bits per heavy atom. The van der Waals surface area contributed by atoms with E-state index in [1.165, 1.54) is 6.07 Å². The number of rotatable bonds is 5. The average molecular weight is 472 g/mol. The molecule has 1 heterocycles. The average Bonchev–Trinajstić information content (AvgIpc) is 3.03. The van der Waals surface area contributed by atoms with E-state index < -0.39 is 23.6 Å². The summed E-state index contributed by atoms with van der Waals surface area (Å²) in [6.45, 7) is 6.17. The number of ether oxygens (including phenoxy) is 2. The Morgan fingerprint density at radius 3 is 2.53 bits per heavy atom. The smallest absolute Gasteiger partial charge is 0.411 e. The van der Waals surface area contributed by atoms with Crippen LogP contribution in [0.5, 0.6) is 0 Å². The molecule has 0 aromatic heterocycles. The van der Waals surface area contributed by atoms with E-state index >= 15 is 4.39 Å². The molecule has 1 aliphatic heterocycles. The number of nitrogens with zero attached hydrogens (tertiary/aromatic N) is 2. The number of amides is 2. The predicted octanol–water partition coefficient (Wildman–Crippen LogP) is 6.15. The van der Waals surface area contributed by atoms with Gasteiger partial charge in [0, 0.05) is 19.3 Å². The molecule has 0 aliphatic carbocycles. The molecule has 1 N–H and O–H groups in total. The van der Waals surface area contributed by atoms with Gasteiger partial charge in [0.15, 0.2) is 0 Å². The molecule has 184 valence electrons. The Labute approximate surface area is 200 Å². The molecule has 3 rings (SSSR count). The number of carbonyl (C=O) groups is 2. The first-order valence-electron chi connectivity index (χ1n) is 11.6. The summed E-state index contributed by atoms with van der Waals surface area (Å²) in [5.74, 6) is -0.503. The molecule has 2 amide bonds. The largest absolute Gasteiger partial charge is 0.444 e. The van der Waals surface area contributed by atoms with E-state index in [1.807, 2.05) is 51.1 Å². The van der Waals surface area contributed by atoms with Gasteiger partial charge in [0.1, 0.15) is 24.2 Å². The van der Waals surface area contributed by atoms with Gasteiger partial charge in [-0.1, -0.05) is 36.8 Å². The van der Waals surface area contributed by atoms with Gasteiger partial charge >= 0.3 is 12.2 Å². The highest BCUT2D eigenvalue weighted by molar-refractivity contribution is 5.85. The molecular formula is C26H34FN3O4. The van der Waals surface area contributed by atoms with Crippen LogP contribution in [0, 0.1) is 5.82 Å². The molecule has 0 bridgehead atoms. The van der Waals surface area contributed by atoms with Crippen LogP contribution in [-0.2, 0) is 16.1 Å². The molecule has 1 fully saturated rings. The normalized spacial score (nSPS) is 16.4. The van der Waals surface area contributed by atoms with Gasteiger partial charge in [0.25, 0.3) is 0 Å². The lowest BCUT2D eigenvalue weighted by molar-refractivity contribution is 0.0166. The molecule has 0 unspecified atom stereocenters. The molecule has 1 atom stereocenters. The lowest BCUT2D eigenvalue weighted by Crippen LogP contribution is -2.51. The molecule has 1 saturated heterocycles. The Bertz CT molecular complexity index is 978. The summed E-state index contributed by atoms with van der Waals surface area (Å²) in [5, 5.41) is 2.56. The Kier molecular flexibility index (Phi) is 8.36. The van der Waals surface area contributed by atoms with Crippen LogP contribution in [0.15, 0.2) is 48.5 Å². The van der Waals surface area contributed by atoms with Crippen molar-refractivity contribution in [3.8, 4) is 0 Å². The van der Waals surface area contributed by atoms with E-state index in [1.54, 1.807) is 29.0 Å². The second kappa shape index (κ2) is 11.2. The summed E-state index contributed by atoms with van der Waals surface area (Å²) in [4.78, 5) is 28.4. The number of hydrogen-bond donors (Lipinski definition) is 1. The molecule has 8 heteroatoms. The van der Waals surface area contributed by atoms with E-state index in [4.69, 9.17) is 9.47 Å². The zero-order valence-corrected chi connectivity index (χ0v) is 20.3. The summed E-state index contributed by atoms with van der Waals surface area (Å²) in [6, 6.07) is 13.8. The van der Waals surface area contributed by atoms with Crippen molar-refractivity contribution in [1.29, 1.82) is 0 Å². The van der Waals surface area contributed by atoms with Gasteiger partial charge in [-0.15, -0.1) is 0 Å². The molecular weight excluding hydrogens is 437 g/mol.